The lowest BCUT2D eigenvalue weighted by Crippen LogP contribution is -2.13. The number of benzene rings is 2. The Kier molecular flexibility index (Phi) is 6.34. The first kappa shape index (κ1) is 19.4. The zero-order valence-corrected chi connectivity index (χ0v) is 15.1. The van der Waals surface area contributed by atoms with Gasteiger partial charge in [0.15, 0.2) is 0 Å². The molecule has 132 valence electrons. The standard InChI is InChI=1S/C18H13Cl2N3O3/c1-2-12-4-3-11(6-17(12)23(25)26)5-13(10-21)18(24)22-16-8-14(19)7-15(20)9-16/h3-9H,2H2,1H3,(H,22,24). The number of nitro groups is 1. The van der Waals surface area contributed by atoms with Crippen molar-refractivity contribution in [1.29, 1.82) is 5.26 Å². The molecule has 0 aliphatic rings. The van der Waals surface area contributed by atoms with Crippen LogP contribution in [0.15, 0.2) is 42.0 Å². The molecule has 0 aromatic heterocycles. The summed E-state index contributed by atoms with van der Waals surface area (Å²) in [6.45, 7) is 1.81. The Morgan fingerprint density at radius 3 is 2.46 bits per heavy atom. The molecule has 1 amide bonds. The lowest BCUT2D eigenvalue weighted by molar-refractivity contribution is -0.385. The van der Waals surface area contributed by atoms with Crippen LogP contribution in [-0.2, 0) is 11.2 Å². The third-order valence-electron chi connectivity index (χ3n) is 3.48. The number of carbonyl (C=O) groups excluding carboxylic acids is 1. The summed E-state index contributed by atoms with van der Waals surface area (Å²) in [5.41, 5.74) is 1.02. The molecule has 0 saturated heterocycles. The Morgan fingerprint density at radius 2 is 1.92 bits per heavy atom. The molecule has 2 aromatic carbocycles. The number of aryl methyl sites for hydroxylation is 1. The Bertz CT molecular complexity index is 929. The van der Waals surface area contributed by atoms with Gasteiger partial charge in [0, 0.05) is 27.4 Å². The van der Waals surface area contributed by atoms with Gasteiger partial charge in [-0.25, -0.2) is 0 Å². The summed E-state index contributed by atoms with van der Waals surface area (Å²) in [4.78, 5) is 22.9. The van der Waals surface area contributed by atoms with E-state index in [1.54, 1.807) is 18.2 Å². The lowest BCUT2D eigenvalue weighted by Gasteiger charge is -2.06. The fraction of sp³-hybridized carbons (Fsp3) is 0.111. The van der Waals surface area contributed by atoms with Crippen LogP contribution in [-0.4, -0.2) is 10.8 Å². The summed E-state index contributed by atoms with van der Waals surface area (Å²) >= 11 is 11.7. The highest BCUT2D eigenvalue weighted by Crippen LogP contribution is 2.24. The van der Waals surface area contributed by atoms with Crippen LogP contribution in [0, 0.1) is 21.4 Å². The highest BCUT2D eigenvalue weighted by Gasteiger charge is 2.15. The molecule has 0 saturated carbocycles. The van der Waals surface area contributed by atoms with Crippen LogP contribution in [0.3, 0.4) is 0 Å². The molecule has 1 N–H and O–H groups in total. The van der Waals surface area contributed by atoms with Gasteiger partial charge in [-0.3, -0.25) is 14.9 Å². The van der Waals surface area contributed by atoms with Gasteiger partial charge < -0.3 is 5.32 Å². The first-order chi connectivity index (χ1) is 12.3. The molecule has 2 aromatic rings. The van der Waals surface area contributed by atoms with Crippen molar-refractivity contribution in [3.63, 3.8) is 0 Å². The number of amides is 1. The number of nitrogens with one attached hydrogen (secondary N) is 1. The fourth-order valence-electron chi connectivity index (χ4n) is 2.28. The Hall–Kier alpha value is -2.88. The van der Waals surface area contributed by atoms with E-state index in [2.05, 4.69) is 5.32 Å². The third-order valence-corrected chi connectivity index (χ3v) is 3.92. The monoisotopic (exact) mass is 389 g/mol. The Labute approximate surface area is 159 Å². The Balaban J connectivity index is 2.32. The van der Waals surface area contributed by atoms with Crippen molar-refractivity contribution in [2.24, 2.45) is 0 Å². The Morgan fingerprint density at radius 1 is 1.27 bits per heavy atom. The summed E-state index contributed by atoms with van der Waals surface area (Å²) in [5, 5.41) is 23.6. The van der Waals surface area contributed by atoms with Gasteiger partial charge in [0.2, 0.25) is 0 Å². The van der Waals surface area contributed by atoms with E-state index in [0.29, 0.717) is 33.3 Å². The van der Waals surface area contributed by atoms with Gasteiger partial charge in [0.1, 0.15) is 11.6 Å². The molecule has 8 heteroatoms. The molecule has 0 radical (unpaired) electrons. The molecule has 26 heavy (non-hydrogen) atoms. The predicted octanol–water partition coefficient (Wildman–Crippen LogP) is 5.01. The molecule has 0 aliphatic heterocycles. The topological polar surface area (TPSA) is 96.0 Å². The molecule has 0 unspecified atom stereocenters. The molecule has 0 bridgehead atoms. The van der Waals surface area contributed by atoms with E-state index < -0.39 is 10.8 Å². The molecular formula is C18H13Cl2N3O3. The van der Waals surface area contributed by atoms with Gasteiger partial charge in [-0.2, -0.15) is 5.26 Å². The van der Waals surface area contributed by atoms with Gasteiger partial charge in [-0.1, -0.05) is 42.3 Å². The van der Waals surface area contributed by atoms with Gasteiger partial charge in [0.05, 0.1) is 4.92 Å². The molecule has 0 atom stereocenters. The van der Waals surface area contributed by atoms with Gasteiger partial charge in [-0.05, 0) is 36.3 Å². The van der Waals surface area contributed by atoms with Gasteiger partial charge in [0.25, 0.3) is 11.6 Å². The summed E-state index contributed by atoms with van der Waals surface area (Å²) in [7, 11) is 0. The summed E-state index contributed by atoms with van der Waals surface area (Å²) in [5.74, 6) is -0.673. The van der Waals surface area contributed by atoms with Crippen molar-refractivity contribution in [3.05, 3.63) is 73.3 Å². The van der Waals surface area contributed by atoms with Crippen LogP contribution >= 0.6 is 23.2 Å². The molecule has 0 heterocycles. The zero-order chi connectivity index (χ0) is 19.3. The van der Waals surface area contributed by atoms with E-state index in [-0.39, 0.29) is 11.3 Å². The second-order valence-electron chi connectivity index (χ2n) is 5.28. The number of halogens is 2. The van der Waals surface area contributed by atoms with Crippen LogP contribution in [0.1, 0.15) is 18.1 Å². The highest BCUT2D eigenvalue weighted by atomic mass is 35.5. The van der Waals surface area contributed by atoms with E-state index in [1.807, 2.05) is 6.92 Å². The second kappa shape index (κ2) is 8.48. The SMILES string of the molecule is CCc1ccc(C=C(C#N)C(=O)Nc2cc(Cl)cc(Cl)c2)cc1[N+](=O)[O-]. The van der Waals surface area contributed by atoms with Gasteiger partial charge >= 0.3 is 0 Å². The first-order valence-electron chi connectivity index (χ1n) is 7.50. The second-order valence-corrected chi connectivity index (χ2v) is 6.15. The number of rotatable bonds is 5. The molecule has 0 fully saturated rings. The quantitative estimate of drug-likeness (QED) is 0.336. The lowest BCUT2D eigenvalue weighted by atomic mass is 10.0. The fourth-order valence-corrected chi connectivity index (χ4v) is 2.81. The number of carbonyl (C=O) groups is 1. The number of hydrogen-bond donors (Lipinski definition) is 1. The number of nitriles is 1. The average Bonchev–Trinajstić information content (AvgIpc) is 2.58. The average molecular weight is 390 g/mol. The first-order valence-corrected chi connectivity index (χ1v) is 8.26. The maximum absolute atomic E-state index is 12.3. The summed E-state index contributed by atoms with van der Waals surface area (Å²) in [6, 6.07) is 10.8. The van der Waals surface area contributed by atoms with Crippen LogP contribution < -0.4 is 5.32 Å². The van der Waals surface area contributed by atoms with Crippen LogP contribution in [0.4, 0.5) is 11.4 Å². The number of nitrogens with zero attached hydrogens (tertiary/aromatic N) is 2. The predicted molar refractivity (Wildman–Crippen MR) is 101 cm³/mol. The van der Waals surface area contributed by atoms with Crippen molar-refractivity contribution in [1.82, 2.24) is 0 Å². The summed E-state index contributed by atoms with van der Waals surface area (Å²) < 4.78 is 0. The van der Waals surface area contributed by atoms with Crippen molar-refractivity contribution < 1.29 is 9.72 Å². The van der Waals surface area contributed by atoms with E-state index in [9.17, 15) is 20.2 Å². The van der Waals surface area contributed by atoms with Crippen molar-refractivity contribution in [2.75, 3.05) is 5.32 Å². The minimum absolute atomic E-state index is 0.0550. The van der Waals surface area contributed by atoms with Crippen molar-refractivity contribution in [3.8, 4) is 6.07 Å². The highest BCUT2D eigenvalue weighted by molar-refractivity contribution is 6.35. The minimum Gasteiger partial charge on any atom is -0.321 e. The van der Waals surface area contributed by atoms with Gasteiger partial charge in [-0.15, -0.1) is 0 Å². The summed E-state index contributed by atoms with van der Waals surface area (Å²) in [6.07, 6.45) is 1.79. The number of anilines is 1. The number of nitro benzene ring substituents is 1. The van der Waals surface area contributed by atoms with E-state index in [4.69, 9.17) is 23.2 Å². The maximum Gasteiger partial charge on any atom is 0.273 e. The smallest absolute Gasteiger partial charge is 0.273 e. The molecule has 0 aliphatic carbocycles. The normalized spacial score (nSPS) is 10.9. The molecule has 6 nitrogen and oxygen atoms in total. The molecular weight excluding hydrogens is 377 g/mol. The van der Waals surface area contributed by atoms with E-state index >= 15 is 0 Å². The van der Waals surface area contributed by atoms with Crippen LogP contribution in [0.5, 0.6) is 0 Å². The zero-order valence-electron chi connectivity index (χ0n) is 13.6. The molecule has 2 rings (SSSR count). The van der Waals surface area contributed by atoms with Crippen molar-refractivity contribution >= 4 is 46.6 Å². The molecule has 0 spiro atoms. The van der Waals surface area contributed by atoms with E-state index in [1.165, 1.54) is 30.3 Å². The van der Waals surface area contributed by atoms with E-state index in [0.717, 1.165) is 0 Å². The van der Waals surface area contributed by atoms with Crippen LogP contribution in [0.2, 0.25) is 10.0 Å². The number of hydrogen-bond acceptors (Lipinski definition) is 4. The largest absolute Gasteiger partial charge is 0.321 e. The third kappa shape index (κ3) is 4.82. The van der Waals surface area contributed by atoms with Crippen molar-refractivity contribution in [2.45, 2.75) is 13.3 Å². The minimum atomic E-state index is -0.673. The maximum atomic E-state index is 12.3. The van der Waals surface area contributed by atoms with Crippen LogP contribution in [0.25, 0.3) is 6.08 Å².